The molecule has 3 aromatic rings. The number of rotatable bonds is 9. The third-order valence-electron chi connectivity index (χ3n) is 6.20. The lowest BCUT2D eigenvalue weighted by Gasteiger charge is -2.26. The van der Waals surface area contributed by atoms with Crippen molar-refractivity contribution in [2.45, 2.75) is 26.3 Å². The topological polar surface area (TPSA) is 96.3 Å². The van der Waals surface area contributed by atoms with E-state index in [4.69, 9.17) is 21.1 Å². The van der Waals surface area contributed by atoms with E-state index in [9.17, 15) is 24.2 Å². The van der Waals surface area contributed by atoms with Crippen LogP contribution in [0.2, 0.25) is 5.02 Å². The second-order valence-electron chi connectivity index (χ2n) is 8.61. The van der Waals surface area contributed by atoms with Gasteiger partial charge in [-0.15, -0.1) is 0 Å². The van der Waals surface area contributed by atoms with E-state index in [0.717, 1.165) is 5.56 Å². The zero-order valence-electron chi connectivity index (χ0n) is 20.9. The molecule has 0 bridgehead atoms. The molecule has 38 heavy (non-hydrogen) atoms. The number of carbonyl (C=O) groups is 2. The van der Waals surface area contributed by atoms with E-state index in [2.05, 4.69) is 0 Å². The number of aliphatic hydroxyl groups excluding tert-OH is 1. The van der Waals surface area contributed by atoms with Gasteiger partial charge in [-0.25, -0.2) is 4.39 Å². The van der Waals surface area contributed by atoms with Gasteiger partial charge in [0, 0.05) is 12.1 Å². The minimum absolute atomic E-state index is 0.0991. The number of ether oxygens (including phenoxy) is 2. The molecule has 2 N–H and O–H groups in total. The molecule has 1 saturated heterocycles. The van der Waals surface area contributed by atoms with Crippen molar-refractivity contribution in [1.82, 2.24) is 4.90 Å². The van der Waals surface area contributed by atoms with Gasteiger partial charge in [-0.3, -0.25) is 9.59 Å². The minimum Gasteiger partial charge on any atom is -0.507 e. The summed E-state index contributed by atoms with van der Waals surface area (Å²) in [4.78, 5) is 27.9. The van der Waals surface area contributed by atoms with Crippen molar-refractivity contribution in [1.29, 1.82) is 0 Å². The number of amides is 1. The summed E-state index contributed by atoms with van der Waals surface area (Å²) in [7, 11) is 0. The summed E-state index contributed by atoms with van der Waals surface area (Å²) >= 11 is 6.20. The van der Waals surface area contributed by atoms with E-state index < -0.39 is 17.7 Å². The molecular weight excluding hydrogens is 513 g/mol. The van der Waals surface area contributed by atoms with E-state index in [0.29, 0.717) is 29.4 Å². The maximum atomic E-state index is 13.4. The van der Waals surface area contributed by atoms with Crippen molar-refractivity contribution in [2.75, 3.05) is 19.8 Å². The molecule has 0 aromatic heterocycles. The number of ketones is 1. The average molecular weight is 540 g/mol. The van der Waals surface area contributed by atoms with Crippen LogP contribution in [0.25, 0.3) is 5.76 Å². The highest BCUT2D eigenvalue weighted by Gasteiger charge is 2.46. The molecule has 1 amide bonds. The van der Waals surface area contributed by atoms with E-state index in [1.54, 1.807) is 38.1 Å². The SMILES string of the molecule is CCOc1cc(C2/C(=C(/O)c3ccc(Cl)c(OCC)c3)C(=O)C(=O)N2CCc2ccc(F)cc2)ccc1O. The molecule has 3 aromatic carbocycles. The number of carbonyl (C=O) groups excluding carboxylic acids is 2. The van der Waals surface area contributed by atoms with Crippen LogP contribution in [0.15, 0.2) is 66.2 Å². The van der Waals surface area contributed by atoms with E-state index in [1.807, 2.05) is 0 Å². The Balaban J connectivity index is 1.82. The lowest BCUT2D eigenvalue weighted by atomic mass is 9.94. The molecule has 1 aliphatic heterocycles. The predicted octanol–water partition coefficient (Wildman–Crippen LogP) is 5.65. The summed E-state index contributed by atoms with van der Waals surface area (Å²) in [5, 5.41) is 21.9. The fourth-order valence-electron chi connectivity index (χ4n) is 4.40. The second kappa shape index (κ2) is 11.6. The van der Waals surface area contributed by atoms with Crippen LogP contribution in [-0.2, 0) is 16.0 Å². The van der Waals surface area contributed by atoms with Gasteiger partial charge in [0.15, 0.2) is 11.5 Å². The number of aliphatic hydroxyl groups is 1. The lowest BCUT2D eigenvalue weighted by Crippen LogP contribution is -2.31. The van der Waals surface area contributed by atoms with Crippen LogP contribution in [0.1, 0.15) is 36.6 Å². The number of hydrogen-bond donors (Lipinski definition) is 2. The Bertz CT molecular complexity index is 1390. The summed E-state index contributed by atoms with van der Waals surface area (Å²) in [6.07, 6.45) is 0.343. The number of nitrogens with zero attached hydrogens (tertiary/aromatic N) is 1. The first-order valence-corrected chi connectivity index (χ1v) is 12.5. The number of hydrogen-bond acceptors (Lipinski definition) is 6. The van der Waals surface area contributed by atoms with Crippen molar-refractivity contribution in [3.05, 3.63) is 93.8 Å². The molecule has 1 unspecified atom stereocenters. The Morgan fingerprint density at radius 2 is 1.66 bits per heavy atom. The molecule has 0 spiro atoms. The number of likely N-dealkylation sites (tertiary alicyclic amines) is 1. The minimum atomic E-state index is -0.971. The molecule has 1 atom stereocenters. The summed E-state index contributed by atoms with van der Waals surface area (Å²) in [6.45, 7) is 4.29. The molecule has 0 radical (unpaired) electrons. The highest BCUT2D eigenvalue weighted by atomic mass is 35.5. The van der Waals surface area contributed by atoms with E-state index in [1.165, 1.54) is 41.3 Å². The average Bonchev–Trinajstić information content (AvgIpc) is 3.15. The van der Waals surface area contributed by atoms with Gasteiger partial charge in [-0.05, 0) is 73.9 Å². The fourth-order valence-corrected chi connectivity index (χ4v) is 4.57. The van der Waals surface area contributed by atoms with Crippen molar-refractivity contribution in [3.63, 3.8) is 0 Å². The number of phenols is 1. The van der Waals surface area contributed by atoms with Crippen molar-refractivity contribution >= 4 is 29.1 Å². The maximum absolute atomic E-state index is 13.4. The van der Waals surface area contributed by atoms with Gasteiger partial charge in [0.1, 0.15) is 17.3 Å². The monoisotopic (exact) mass is 539 g/mol. The third kappa shape index (κ3) is 5.45. The molecule has 0 aliphatic carbocycles. The molecule has 7 nitrogen and oxygen atoms in total. The van der Waals surface area contributed by atoms with Gasteiger partial charge in [0.25, 0.3) is 11.7 Å². The van der Waals surface area contributed by atoms with Crippen LogP contribution in [-0.4, -0.2) is 46.6 Å². The van der Waals surface area contributed by atoms with E-state index in [-0.39, 0.29) is 47.4 Å². The van der Waals surface area contributed by atoms with Crippen LogP contribution >= 0.6 is 11.6 Å². The molecule has 0 saturated carbocycles. The molecule has 1 heterocycles. The largest absolute Gasteiger partial charge is 0.507 e. The molecule has 1 fully saturated rings. The maximum Gasteiger partial charge on any atom is 0.295 e. The quantitative estimate of drug-likeness (QED) is 0.207. The standard InChI is InChI=1S/C29H27ClFNO6/c1-3-37-23-16-19(7-11-21(23)30)27(34)25-26(18-8-12-22(33)24(15-18)38-4-2)32(29(36)28(25)35)14-13-17-5-9-20(31)10-6-17/h5-12,15-16,26,33-34H,3-4,13-14H2,1-2H3/b27-25-. The summed E-state index contributed by atoms with van der Waals surface area (Å²) in [6, 6.07) is 14.0. The number of Topliss-reactive ketones (excluding diaryl/α,β-unsaturated/α-hetero) is 1. The van der Waals surface area contributed by atoms with Gasteiger partial charge < -0.3 is 24.6 Å². The van der Waals surface area contributed by atoms with Gasteiger partial charge in [-0.1, -0.05) is 29.8 Å². The zero-order valence-corrected chi connectivity index (χ0v) is 21.7. The second-order valence-corrected chi connectivity index (χ2v) is 9.01. The van der Waals surface area contributed by atoms with Crippen LogP contribution in [0, 0.1) is 5.82 Å². The third-order valence-corrected chi connectivity index (χ3v) is 6.51. The number of benzene rings is 3. The smallest absolute Gasteiger partial charge is 0.295 e. The molecule has 4 rings (SSSR count). The van der Waals surface area contributed by atoms with Crippen LogP contribution in [0.3, 0.4) is 0 Å². The van der Waals surface area contributed by atoms with Crippen molar-refractivity contribution < 1.29 is 33.7 Å². The predicted molar refractivity (Wildman–Crippen MR) is 141 cm³/mol. The molecule has 9 heteroatoms. The summed E-state index contributed by atoms with van der Waals surface area (Å²) in [5.74, 6) is -2.01. The molecule has 198 valence electrons. The Morgan fingerprint density at radius 3 is 2.34 bits per heavy atom. The van der Waals surface area contributed by atoms with Gasteiger partial charge in [0.2, 0.25) is 0 Å². The number of aromatic hydroxyl groups is 1. The highest BCUT2D eigenvalue weighted by Crippen LogP contribution is 2.42. The number of phenolic OH excluding ortho intramolecular Hbond substituents is 1. The Kier molecular flexibility index (Phi) is 8.22. The summed E-state index contributed by atoms with van der Waals surface area (Å²) < 4.78 is 24.4. The summed E-state index contributed by atoms with van der Waals surface area (Å²) in [5.41, 5.74) is 1.37. The molecule has 1 aliphatic rings. The normalized spacial score (nSPS) is 16.6. The Morgan fingerprint density at radius 1 is 0.974 bits per heavy atom. The zero-order chi connectivity index (χ0) is 27.4. The van der Waals surface area contributed by atoms with Crippen molar-refractivity contribution in [3.8, 4) is 17.2 Å². The first kappa shape index (κ1) is 27.0. The molecular formula is C29H27ClFNO6. The first-order chi connectivity index (χ1) is 18.2. The fraction of sp³-hybridized carbons (Fsp3) is 0.241. The van der Waals surface area contributed by atoms with Crippen LogP contribution in [0.5, 0.6) is 17.2 Å². The van der Waals surface area contributed by atoms with Crippen LogP contribution < -0.4 is 9.47 Å². The van der Waals surface area contributed by atoms with E-state index >= 15 is 0 Å². The first-order valence-electron chi connectivity index (χ1n) is 12.2. The lowest BCUT2D eigenvalue weighted by molar-refractivity contribution is -0.139. The highest BCUT2D eigenvalue weighted by molar-refractivity contribution is 6.46. The van der Waals surface area contributed by atoms with Gasteiger partial charge in [-0.2, -0.15) is 0 Å². The van der Waals surface area contributed by atoms with Crippen molar-refractivity contribution in [2.24, 2.45) is 0 Å². The Labute approximate surface area is 224 Å². The number of halogens is 2. The van der Waals surface area contributed by atoms with Gasteiger partial charge >= 0.3 is 0 Å². The van der Waals surface area contributed by atoms with Crippen LogP contribution in [0.4, 0.5) is 4.39 Å². The Hall–Kier alpha value is -4.04. The van der Waals surface area contributed by atoms with Gasteiger partial charge in [0.05, 0.1) is 29.9 Å².